The van der Waals surface area contributed by atoms with Crippen LogP contribution in [0.3, 0.4) is 0 Å². The number of furan rings is 1. The van der Waals surface area contributed by atoms with E-state index >= 15 is 0 Å². The van der Waals surface area contributed by atoms with Gasteiger partial charge in [0.15, 0.2) is 0 Å². The highest BCUT2D eigenvalue weighted by atomic mass is 19.1. The van der Waals surface area contributed by atoms with Crippen molar-refractivity contribution in [2.45, 2.75) is 25.4 Å². The number of likely N-dealkylation sites (N-methyl/N-ethyl adjacent to an activating group) is 1. The third kappa shape index (κ3) is 3.30. The smallest absolute Gasteiger partial charge is 0.325 e. The van der Waals surface area contributed by atoms with E-state index < -0.39 is 35.7 Å². The van der Waals surface area contributed by atoms with Crippen LogP contribution in [0.2, 0.25) is 0 Å². The summed E-state index contributed by atoms with van der Waals surface area (Å²) in [6, 6.07) is 7.74. The van der Waals surface area contributed by atoms with Crippen molar-refractivity contribution < 1.29 is 23.2 Å². The Labute approximate surface area is 155 Å². The minimum atomic E-state index is -1.35. The number of nitrogens with zero attached hydrogens (tertiary/aromatic N) is 2. The molecule has 3 rings (SSSR count). The van der Waals surface area contributed by atoms with E-state index in [4.69, 9.17) is 4.42 Å². The minimum Gasteiger partial charge on any atom is -0.467 e. The Balaban J connectivity index is 1.75. The summed E-state index contributed by atoms with van der Waals surface area (Å²) in [6.45, 7) is 2.91. The van der Waals surface area contributed by atoms with Crippen molar-refractivity contribution in [1.29, 1.82) is 0 Å². The van der Waals surface area contributed by atoms with E-state index in [1.807, 2.05) is 0 Å². The van der Waals surface area contributed by atoms with E-state index in [0.717, 1.165) is 4.90 Å². The second-order valence-electron chi connectivity index (χ2n) is 6.65. The lowest BCUT2D eigenvalue weighted by molar-refractivity contribution is -0.139. The van der Waals surface area contributed by atoms with Gasteiger partial charge in [-0.05, 0) is 43.7 Å². The van der Waals surface area contributed by atoms with Gasteiger partial charge in [0.25, 0.3) is 5.91 Å². The molecule has 1 aromatic carbocycles. The summed E-state index contributed by atoms with van der Waals surface area (Å²) >= 11 is 0. The van der Waals surface area contributed by atoms with Crippen LogP contribution < -0.4 is 5.32 Å². The summed E-state index contributed by atoms with van der Waals surface area (Å²) in [5, 5.41) is 2.59. The zero-order chi connectivity index (χ0) is 19.8. The Morgan fingerprint density at radius 1 is 1.30 bits per heavy atom. The van der Waals surface area contributed by atoms with Crippen LogP contribution in [0.1, 0.15) is 31.2 Å². The number of halogens is 1. The Morgan fingerprint density at radius 3 is 2.56 bits per heavy atom. The number of nitrogens with one attached hydrogen (secondary N) is 1. The molecule has 1 aliphatic rings. The molecule has 0 saturated carbocycles. The first-order chi connectivity index (χ1) is 12.7. The van der Waals surface area contributed by atoms with Gasteiger partial charge in [-0.3, -0.25) is 14.5 Å². The van der Waals surface area contributed by atoms with Gasteiger partial charge in [0.05, 0.1) is 12.3 Å². The Kier molecular flexibility index (Phi) is 4.73. The van der Waals surface area contributed by atoms with Crippen molar-refractivity contribution in [1.82, 2.24) is 15.1 Å². The van der Waals surface area contributed by atoms with Gasteiger partial charge < -0.3 is 14.6 Å². The molecule has 0 spiro atoms. The molecule has 1 fully saturated rings. The summed E-state index contributed by atoms with van der Waals surface area (Å²) in [5.74, 6) is -0.823. The SMILES string of the molecule is CC(c1ccco1)N(C)C(=O)CN1C(=O)NC(C)(c2ccc(F)cc2)C1=O. The molecule has 2 atom stereocenters. The fourth-order valence-corrected chi connectivity index (χ4v) is 3.00. The van der Waals surface area contributed by atoms with Crippen molar-refractivity contribution in [3.8, 4) is 0 Å². The van der Waals surface area contributed by atoms with Crippen LogP contribution in [0, 0.1) is 5.82 Å². The predicted octanol–water partition coefficient (Wildman–Crippen LogP) is 2.41. The van der Waals surface area contributed by atoms with Crippen LogP contribution in [-0.4, -0.2) is 41.2 Å². The summed E-state index contributed by atoms with van der Waals surface area (Å²) in [4.78, 5) is 40.0. The van der Waals surface area contributed by atoms with Crippen molar-refractivity contribution in [2.24, 2.45) is 0 Å². The first kappa shape index (κ1) is 18.6. The van der Waals surface area contributed by atoms with Crippen LogP contribution in [0.5, 0.6) is 0 Å². The third-order valence-corrected chi connectivity index (χ3v) is 4.92. The number of carbonyl (C=O) groups excluding carboxylic acids is 3. The molecule has 7 nitrogen and oxygen atoms in total. The van der Waals surface area contributed by atoms with Crippen LogP contribution in [0.15, 0.2) is 47.1 Å². The fraction of sp³-hybridized carbons (Fsp3) is 0.316. The number of rotatable bonds is 5. The number of urea groups is 1. The predicted molar refractivity (Wildman–Crippen MR) is 93.9 cm³/mol. The van der Waals surface area contributed by atoms with Crippen molar-refractivity contribution in [2.75, 3.05) is 13.6 Å². The highest BCUT2D eigenvalue weighted by molar-refractivity contribution is 6.09. The van der Waals surface area contributed by atoms with Crippen LogP contribution in [0.4, 0.5) is 9.18 Å². The highest BCUT2D eigenvalue weighted by Crippen LogP contribution is 2.29. The van der Waals surface area contributed by atoms with Gasteiger partial charge in [-0.2, -0.15) is 0 Å². The van der Waals surface area contributed by atoms with E-state index in [-0.39, 0.29) is 6.04 Å². The molecule has 1 aromatic heterocycles. The molecule has 0 radical (unpaired) electrons. The van der Waals surface area contributed by atoms with E-state index in [1.165, 1.54) is 42.4 Å². The zero-order valence-corrected chi connectivity index (χ0v) is 15.2. The average Bonchev–Trinajstić information content (AvgIpc) is 3.25. The van der Waals surface area contributed by atoms with Crippen molar-refractivity contribution in [3.63, 3.8) is 0 Å². The number of imide groups is 1. The van der Waals surface area contributed by atoms with E-state index in [1.54, 1.807) is 26.1 Å². The normalized spacial score (nSPS) is 20.5. The van der Waals surface area contributed by atoms with E-state index in [9.17, 15) is 18.8 Å². The lowest BCUT2D eigenvalue weighted by Gasteiger charge is -2.26. The lowest BCUT2D eigenvalue weighted by Crippen LogP contribution is -2.44. The monoisotopic (exact) mass is 373 g/mol. The van der Waals surface area contributed by atoms with E-state index in [2.05, 4.69) is 5.32 Å². The number of carbonyl (C=O) groups is 3. The molecule has 2 unspecified atom stereocenters. The first-order valence-corrected chi connectivity index (χ1v) is 8.43. The molecule has 1 saturated heterocycles. The van der Waals surface area contributed by atoms with Crippen LogP contribution >= 0.6 is 0 Å². The van der Waals surface area contributed by atoms with E-state index in [0.29, 0.717) is 11.3 Å². The van der Waals surface area contributed by atoms with Gasteiger partial charge in [0.2, 0.25) is 5.91 Å². The quantitative estimate of drug-likeness (QED) is 0.816. The number of amides is 4. The van der Waals surface area contributed by atoms with Gasteiger partial charge in [0, 0.05) is 7.05 Å². The molecule has 0 aliphatic carbocycles. The Bertz CT molecular complexity index is 866. The van der Waals surface area contributed by atoms with Crippen molar-refractivity contribution in [3.05, 3.63) is 59.8 Å². The van der Waals surface area contributed by atoms with Crippen LogP contribution in [-0.2, 0) is 15.1 Å². The summed E-state index contributed by atoms with van der Waals surface area (Å²) in [5.41, 5.74) is -0.912. The number of benzene rings is 1. The maximum Gasteiger partial charge on any atom is 0.325 e. The maximum atomic E-state index is 13.2. The molecular weight excluding hydrogens is 353 g/mol. The topological polar surface area (TPSA) is 82.9 Å². The van der Waals surface area contributed by atoms with Crippen LogP contribution in [0.25, 0.3) is 0 Å². The summed E-state index contributed by atoms with van der Waals surface area (Å²) in [7, 11) is 1.58. The summed E-state index contributed by atoms with van der Waals surface area (Å²) < 4.78 is 18.5. The summed E-state index contributed by atoms with van der Waals surface area (Å²) in [6.07, 6.45) is 1.51. The second-order valence-corrected chi connectivity index (χ2v) is 6.65. The molecule has 4 amide bonds. The van der Waals surface area contributed by atoms with Gasteiger partial charge in [0.1, 0.15) is 23.7 Å². The molecule has 0 bridgehead atoms. The lowest BCUT2D eigenvalue weighted by atomic mass is 9.92. The third-order valence-electron chi connectivity index (χ3n) is 4.92. The molecule has 8 heteroatoms. The molecule has 1 aliphatic heterocycles. The highest BCUT2D eigenvalue weighted by Gasteiger charge is 2.49. The largest absolute Gasteiger partial charge is 0.467 e. The standard InChI is InChI=1S/C19H20FN3O4/c1-12(15-5-4-10-27-15)22(3)16(24)11-23-17(25)19(2,21-18(23)26)13-6-8-14(20)9-7-13/h4-10,12H,11H2,1-3H3,(H,21,26). The minimum absolute atomic E-state index is 0.350. The van der Waals surface area contributed by atoms with Gasteiger partial charge >= 0.3 is 6.03 Å². The fourth-order valence-electron chi connectivity index (χ4n) is 3.00. The molecule has 2 heterocycles. The Hall–Kier alpha value is -3.16. The molecule has 27 heavy (non-hydrogen) atoms. The second kappa shape index (κ2) is 6.86. The maximum absolute atomic E-state index is 13.2. The number of hydrogen-bond acceptors (Lipinski definition) is 4. The van der Waals surface area contributed by atoms with Gasteiger partial charge in [-0.25, -0.2) is 9.18 Å². The zero-order valence-electron chi connectivity index (χ0n) is 15.2. The Morgan fingerprint density at radius 2 is 1.96 bits per heavy atom. The van der Waals surface area contributed by atoms with Gasteiger partial charge in [-0.1, -0.05) is 12.1 Å². The van der Waals surface area contributed by atoms with Crippen molar-refractivity contribution >= 4 is 17.8 Å². The molecule has 142 valence electrons. The molecule has 1 N–H and O–H groups in total. The van der Waals surface area contributed by atoms with Gasteiger partial charge in [-0.15, -0.1) is 0 Å². The first-order valence-electron chi connectivity index (χ1n) is 8.43. The average molecular weight is 373 g/mol. The molecular formula is C19H20FN3O4. The molecule has 2 aromatic rings. The number of hydrogen-bond donors (Lipinski definition) is 1.